The third-order valence-corrected chi connectivity index (χ3v) is 4.97. The molecule has 28 heavy (non-hydrogen) atoms. The second-order valence-corrected chi connectivity index (χ2v) is 7.11. The molecule has 1 aromatic heterocycles. The summed E-state index contributed by atoms with van der Waals surface area (Å²) in [6, 6.07) is 9.11. The number of hydrogen-bond acceptors (Lipinski definition) is 5. The van der Waals surface area contributed by atoms with Gasteiger partial charge in [-0.05, 0) is 56.2 Å². The lowest BCUT2D eigenvalue weighted by Gasteiger charge is -2.20. The largest absolute Gasteiger partial charge is 0.486 e. The van der Waals surface area contributed by atoms with Crippen molar-refractivity contribution in [3.05, 3.63) is 57.9 Å². The van der Waals surface area contributed by atoms with Crippen LogP contribution in [0.1, 0.15) is 27.3 Å². The summed E-state index contributed by atoms with van der Waals surface area (Å²) in [6.45, 7) is 5.32. The Morgan fingerprint density at radius 2 is 1.82 bits per heavy atom. The van der Waals surface area contributed by atoms with E-state index in [-0.39, 0.29) is 5.91 Å². The zero-order chi connectivity index (χ0) is 19.7. The topological polar surface area (TPSA) is 73.3 Å². The van der Waals surface area contributed by atoms with Gasteiger partial charge in [-0.15, -0.1) is 0 Å². The molecule has 0 saturated heterocycles. The Bertz CT molecular complexity index is 1070. The summed E-state index contributed by atoms with van der Waals surface area (Å²) in [4.78, 5) is 21.5. The van der Waals surface area contributed by atoms with Gasteiger partial charge in [0.25, 0.3) is 5.91 Å². The highest BCUT2D eigenvalue weighted by Crippen LogP contribution is 2.38. The second kappa shape index (κ2) is 7.64. The van der Waals surface area contributed by atoms with E-state index in [1.165, 1.54) is 0 Å². The number of halogens is 1. The highest BCUT2D eigenvalue weighted by molar-refractivity contribution is 6.32. The summed E-state index contributed by atoms with van der Waals surface area (Å²) in [5, 5.41) is 3.46. The van der Waals surface area contributed by atoms with Gasteiger partial charge in [-0.2, -0.15) is 0 Å². The molecule has 0 unspecified atom stereocenters. The minimum absolute atomic E-state index is 0.148. The maximum Gasteiger partial charge on any atom is 0.251 e. The van der Waals surface area contributed by atoms with E-state index in [1.54, 1.807) is 12.1 Å². The third kappa shape index (κ3) is 3.73. The summed E-state index contributed by atoms with van der Waals surface area (Å²) < 4.78 is 11.1. The quantitative estimate of drug-likeness (QED) is 0.727. The molecule has 0 atom stereocenters. The van der Waals surface area contributed by atoms with Gasteiger partial charge in [-0.25, -0.2) is 9.97 Å². The van der Waals surface area contributed by atoms with Crippen LogP contribution in [0.15, 0.2) is 30.3 Å². The number of hydrogen-bond donors (Lipinski definition) is 1. The number of aryl methyl sites for hydroxylation is 2. The van der Waals surface area contributed by atoms with Gasteiger partial charge >= 0.3 is 0 Å². The molecule has 0 spiro atoms. The number of carbonyl (C=O) groups is 1. The number of nitrogens with zero attached hydrogens (tertiary/aromatic N) is 2. The van der Waals surface area contributed by atoms with E-state index in [0.717, 1.165) is 28.0 Å². The Balaban J connectivity index is 1.43. The van der Waals surface area contributed by atoms with Crippen molar-refractivity contribution in [1.29, 1.82) is 0 Å². The summed E-state index contributed by atoms with van der Waals surface area (Å²) in [5.74, 6) is 1.09. The lowest BCUT2D eigenvalue weighted by molar-refractivity contribution is 0.0954. The molecule has 6 nitrogen and oxygen atoms in total. The van der Waals surface area contributed by atoms with Crippen LogP contribution in [0.25, 0.3) is 11.0 Å². The van der Waals surface area contributed by atoms with Gasteiger partial charge in [0.2, 0.25) is 0 Å². The average Bonchev–Trinajstić information content (AvgIpc) is 2.68. The number of nitrogens with one attached hydrogen (secondary N) is 1. The second-order valence-electron chi connectivity index (χ2n) is 6.71. The summed E-state index contributed by atoms with van der Waals surface area (Å²) >= 11 is 6.26. The fourth-order valence-electron chi connectivity index (χ4n) is 3.10. The Kier molecular flexibility index (Phi) is 5.05. The third-order valence-electron chi connectivity index (χ3n) is 4.69. The van der Waals surface area contributed by atoms with Crippen molar-refractivity contribution < 1.29 is 14.3 Å². The SMILES string of the molecule is Cc1nc2ccc(C(=O)NCCc3cc(Cl)c4c(c3)OCCO4)cc2nc1C. The van der Waals surface area contributed by atoms with Crippen LogP contribution in [0.4, 0.5) is 0 Å². The maximum atomic E-state index is 12.5. The molecular formula is C21H20ClN3O3. The van der Waals surface area contributed by atoms with E-state index < -0.39 is 0 Å². The van der Waals surface area contributed by atoms with Crippen molar-refractivity contribution in [2.45, 2.75) is 20.3 Å². The molecule has 2 heterocycles. The smallest absolute Gasteiger partial charge is 0.251 e. The van der Waals surface area contributed by atoms with Gasteiger partial charge in [0, 0.05) is 12.1 Å². The van der Waals surface area contributed by atoms with Gasteiger partial charge in [0.05, 0.1) is 27.4 Å². The summed E-state index contributed by atoms with van der Waals surface area (Å²) in [6.07, 6.45) is 0.633. The highest BCUT2D eigenvalue weighted by Gasteiger charge is 2.16. The lowest BCUT2D eigenvalue weighted by Crippen LogP contribution is -2.25. The molecule has 0 saturated carbocycles. The summed E-state index contributed by atoms with van der Waals surface area (Å²) in [7, 11) is 0. The van der Waals surface area contributed by atoms with E-state index in [4.69, 9.17) is 21.1 Å². The number of ether oxygens (including phenoxy) is 2. The molecule has 1 aliphatic rings. The molecule has 1 N–H and O–H groups in total. The van der Waals surface area contributed by atoms with Crippen molar-refractivity contribution in [2.24, 2.45) is 0 Å². The molecule has 3 aromatic rings. The molecule has 0 radical (unpaired) electrons. The van der Waals surface area contributed by atoms with Crippen molar-refractivity contribution in [3.8, 4) is 11.5 Å². The van der Waals surface area contributed by atoms with Crippen molar-refractivity contribution >= 4 is 28.5 Å². The number of benzene rings is 2. The number of fused-ring (bicyclic) bond motifs is 2. The molecule has 1 aliphatic heterocycles. The summed E-state index contributed by atoms with van der Waals surface area (Å²) in [5.41, 5.74) is 4.79. The molecule has 144 valence electrons. The van der Waals surface area contributed by atoms with Crippen LogP contribution >= 0.6 is 11.6 Å². The molecule has 2 aromatic carbocycles. The normalized spacial score (nSPS) is 12.8. The first kappa shape index (κ1) is 18.5. The van der Waals surface area contributed by atoms with Gasteiger partial charge in [-0.3, -0.25) is 4.79 Å². The Hall–Kier alpha value is -2.86. The Morgan fingerprint density at radius 1 is 1.07 bits per heavy atom. The fourth-order valence-corrected chi connectivity index (χ4v) is 3.39. The van der Waals surface area contributed by atoms with E-state index in [0.29, 0.717) is 48.3 Å². The minimum Gasteiger partial charge on any atom is -0.486 e. The number of carbonyl (C=O) groups excluding carboxylic acids is 1. The van der Waals surface area contributed by atoms with Crippen LogP contribution in [-0.2, 0) is 6.42 Å². The predicted octanol–water partition coefficient (Wildman–Crippen LogP) is 3.64. The van der Waals surface area contributed by atoms with Crippen molar-refractivity contribution in [3.63, 3.8) is 0 Å². The maximum absolute atomic E-state index is 12.5. The van der Waals surface area contributed by atoms with Crippen LogP contribution < -0.4 is 14.8 Å². The fraction of sp³-hybridized carbons (Fsp3) is 0.286. The number of aromatic nitrogens is 2. The van der Waals surface area contributed by atoms with Crippen LogP contribution in [0.2, 0.25) is 5.02 Å². The van der Waals surface area contributed by atoms with Crippen LogP contribution in [-0.4, -0.2) is 35.6 Å². The lowest BCUT2D eigenvalue weighted by atomic mass is 10.1. The first-order valence-corrected chi connectivity index (χ1v) is 9.50. The van der Waals surface area contributed by atoms with Crippen LogP contribution in [0.5, 0.6) is 11.5 Å². The first-order chi connectivity index (χ1) is 13.5. The molecule has 0 bridgehead atoms. The molecular weight excluding hydrogens is 378 g/mol. The van der Waals surface area contributed by atoms with Crippen molar-refractivity contribution in [2.75, 3.05) is 19.8 Å². The Labute approximate surface area is 167 Å². The van der Waals surface area contributed by atoms with E-state index in [2.05, 4.69) is 15.3 Å². The predicted molar refractivity (Wildman–Crippen MR) is 107 cm³/mol. The van der Waals surface area contributed by atoms with E-state index in [9.17, 15) is 4.79 Å². The molecule has 0 fully saturated rings. The standard InChI is InChI=1S/C21H20ClN3O3/c1-12-13(2)25-18-11-15(3-4-17(18)24-12)21(26)23-6-5-14-9-16(22)20-19(10-14)27-7-8-28-20/h3-4,9-11H,5-8H2,1-2H3,(H,23,26). The number of amides is 1. The van der Waals surface area contributed by atoms with Crippen LogP contribution in [0.3, 0.4) is 0 Å². The van der Waals surface area contributed by atoms with Gasteiger partial charge < -0.3 is 14.8 Å². The van der Waals surface area contributed by atoms with Gasteiger partial charge in [0.15, 0.2) is 11.5 Å². The molecule has 7 heteroatoms. The zero-order valence-corrected chi connectivity index (χ0v) is 16.5. The highest BCUT2D eigenvalue weighted by atomic mass is 35.5. The van der Waals surface area contributed by atoms with E-state index >= 15 is 0 Å². The zero-order valence-electron chi connectivity index (χ0n) is 15.7. The van der Waals surface area contributed by atoms with Crippen LogP contribution in [0, 0.1) is 13.8 Å². The first-order valence-electron chi connectivity index (χ1n) is 9.12. The molecule has 4 rings (SSSR count). The van der Waals surface area contributed by atoms with E-state index in [1.807, 2.05) is 32.0 Å². The molecule has 1 amide bonds. The monoisotopic (exact) mass is 397 g/mol. The average molecular weight is 398 g/mol. The van der Waals surface area contributed by atoms with Gasteiger partial charge in [-0.1, -0.05) is 11.6 Å². The number of rotatable bonds is 4. The Morgan fingerprint density at radius 3 is 2.64 bits per heavy atom. The minimum atomic E-state index is -0.148. The van der Waals surface area contributed by atoms with Gasteiger partial charge in [0.1, 0.15) is 13.2 Å². The van der Waals surface area contributed by atoms with Crippen molar-refractivity contribution in [1.82, 2.24) is 15.3 Å². The molecule has 0 aliphatic carbocycles.